The van der Waals surface area contributed by atoms with Crippen molar-refractivity contribution in [3.05, 3.63) is 28.6 Å². The molecule has 3 N–H and O–H groups in total. The Balaban J connectivity index is 2.80. The number of fused-ring (bicyclic) bond motifs is 1. The van der Waals surface area contributed by atoms with E-state index in [9.17, 15) is 10.1 Å². The predicted molar refractivity (Wildman–Crippen MR) is 47.2 cm³/mol. The number of nitrogens with two attached hydrogens (primary N) is 1. The van der Waals surface area contributed by atoms with E-state index in [2.05, 4.69) is 9.97 Å². The van der Waals surface area contributed by atoms with Crippen molar-refractivity contribution < 1.29 is 4.92 Å². The Morgan fingerprint density at radius 1 is 1.62 bits per heavy atom. The Hall–Kier alpha value is -2.11. The van der Waals surface area contributed by atoms with Gasteiger partial charge >= 0.3 is 5.69 Å². The summed E-state index contributed by atoms with van der Waals surface area (Å²) in [6.45, 7) is 0. The zero-order valence-corrected chi connectivity index (χ0v) is 6.52. The van der Waals surface area contributed by atoms with Gasteiger partial charge in [-0.1, -0.05) is 0 Å². The van der Waals surface area contributed by atoms with E-state index < -0.39 is 4.92 Å². The molecule has 2 aromatic heterocycles. The van der Waals surface area contributed by atoms with Crippen molar-refractivity contribution in [2.75, 3.05) is 5.73 Å². The van der Waals surface area contributed by atoms with Crippen LogP contribution in [0.3, 0.4) is 0 Å². The summed E-state index contributed by atoms with van der Waals surface area (Å²) in [6, 6.07) is 1.66. The minimum absolute atomic E-state index is 0.149. The molecule has 66 valence electrons. The largest absolute Gasteiger partial charge is 0.393 e. The van der Waals surface area contributed by atoms with Gasteiger partial charge in [0.1, 0.15) is 17.5 Å². The van der Waals surface area contributed by atoms with Crippen molar-refractivity contribution in [1.29, 1.82) is 0 Å². The number of nitrogens with zero attached hydrogens (tertiary/aromatic N) is 2. The third-order valence-electron chi connectivity index (χ3n) is 1.80. The summed E-state index contributed by atoms with van der Waals surface area (Å²) in [6.07, 6.45) is 2.78. The summed E-state index contributed by atoms with van der Waals surface area (Å²) in [5.41, 5.74) is 6.11. The normalized spacial score (nSPS) is 10.5. The van der Waals surface area contributed by atoms with Gasteiger partial charge in [-0.05, 0) is 6.07 Å². The van der Waals surface area contributed by atoms with Gasteiger partial charge in [0.2, 0.25) is 0 Å². The summed E-state index contributed by atoms with van der Waals surface area (Å²) >= 11 is 0. The molecule has 2 rings (SSSR count). The molecule has 0 atom stereocenters. The zero-order valence-electron chi connectivity index (χ0n) is 6.52. The highest BCUT2D eigenvalue weighted by molar-refractivity contribution is 5.92. The number of pyridine rings is 1. The van der Waals surface area contributed by atoms with Crippen LogP contribution < -0.4 is 5.73 Å². The fraction of sp³-hybridized carbons (Fsp3) is 0. The van der Waals surface area contributed by atoms with Gasteiger partial charge in [-0.2, -0.15) is 0 Å². The molecule has 0 aromatic carbocycles. The second-order valence-electron chi connectivity index (χ2n) is 2.55. The molecule has 0 unspecified atom stereocenters. The van der Waals surface area contributed by atoms with E-state index in [1.807, 2.05) is 0 Å². The van der Waals surface area contributed by atoms with E-state index in [0.717, 1.165) is 6.20 Å². The van der Waals surface area contributed by atoms with Gasteiger partial charge in [0.05, 0.1) is 4.92 Å². The molecule has 0 aliphatic heterocycles. The lowest BCUT2D eigenvalue weighted by molar-refractivity contribution is -0.384. The molecule has 0 bridgehead atoms. The summed E-state index contributed by atoms with van der Waals surface area (Å²) in [5.74, 6) is 0. The van der Waals surface area contributed by atoms with E-state index in [0.29, 0.717) is 11.0 Å². The number of rotatable bonds is 1. The molecular weight excluding hydrogens is 172 g/mol. The van der Waals surface area contributed by atoms with E-state index in [4.69, 9.17) is 5.73 Å². The van der Waals surface area contributed by atoms with Gasteiger partial charge in [-0.3, -0.25) is 10.1 Å². The SMILES string of the molecule is Nc1c([N+](=O)[O-])cnc2[nH]ccc12. The summed E-state index contributed by atoms with van der Waals surface area (Å²) in [5, 5.41) is 11.0. The third kappa shape index (κ3) is 0.994. The lowest BCUT2D eigenvalue weighted by Crippen LogP contribution is -1.96. The summed E-state index contributed by atoms with van der Waals surface area (Å²) in [4.78, 5) is 16.6. The molecule has 0 amide bonds. The number of nitrogen functional groups attached to an aromatic ring is 1. The van der Waals surface area contributed by atoms with Crippen LogP contribution in [-0.2, 0) is 0 Å². The van der Waals surface area contributed by atoms with E-state index >= 15 is 0 Å². The number of hydrogen-bond donors (Lipinski definition) is 2. The minimum Gasteiger partial charge on any atom is -0.393 e. The first-order chi connectivity index (χ1) is 6.20. The Bertz CT molecular complexity index is 476. The first kappa shape index (κ1) is 7.53. The second kappa shape index (κ2) is 2.44. The molecule has 6 heteroatoms. The maximum absolute atomic E-state index is 10.5. The fourth-order valence-electron chi connectivity index (χ4n) is 1.16. The molecule has 0 saturated carbocycles. The predicted octanol–water partition coefficient (Wildman–Crippen LogP) is 1.05. The Labute approximate surface area is 72.5 Å². The van der Waals surface area contributed by atoms with Crippen LogP contribution in [0.15, 0.2) is 18.5 Å². The van der Waals surface area contributed by atoms with Crippen molar-refractivity contribution in [3.8, 4) is 0 Å². The van der Waals surface area contributed by atoms with E-state index in [1.54, 1.807) is 12.3 Å². The molecule has 0 aliphatic carbocycles. The number of aromatic amines is 1. The number of nitrogens with one attached hydrogen (secondary N) is 1. The van der Waals surface area contributed by atoms with Crippen LogP contribution in [0.25, 0.3) is 11.0 Å². The van der Waals surface area contributed by atoms with Gasteiger partial charge in [0.15, 0.2) is 0 Å². The van der Waals surface area contributed by atoms with Crippen LogP contribution in [-0.4, -0.2) is 14.9 Å². The quantitative estimate of drug-likeness (QED) is 0.503. The second-order valence-corrected chi connectivity index (χ2v) is 2.55. The Kier molecular flexibility index (Phi) is 1.42. The molecule has 0 aliphatic rings. The monoisotopic (exact) mass is 178 g/mol. The molecule has 13 heavy (non-hydrogen) atoms. The maximum atomic E-state index is 10.5. The van der Waals surface area contributed by atoms with Crippen molar-refractivity contribution in [2.24, 2.45) is 0 Å². The van der Waals surface area contributed by atoms with Crippen LogP contribution in [0.1, 0.15) is 0 Å². The van der Waals surface area contributed by atoms with Gasteiger partial charge in [-0.25, -0.2) is 4.98 Å². The molecule has 0 fully saturated rings. The fourth-order valence-corrected chi connectivity index (χ4v) is 1.16. The number of H-pyrrole nitrogens is 1. The van der Waals surface area contributed by atoms with Gasteiger partial charge in [0, 0.05) is 11.6 Å². The Morgan fingerprint density at radius 3 is 3.08 bits per heavy atom. The van der Waals surface area contributed by atoms with Crippen molar-refractivity contribution in [1.82, 2.24) is 9.97 Å². The molecule has 0 radical (unpaired) electrons. The first-order valence-electron chi connectivity index (χ1n) is 3.56. The van der Waals surface area contributed by atoms with Crippen molar-refractivity contribution >= 4 is 22.4 Å². The molecule has 6 nitrogen and oxygen atoms in total. The standard InChI is InChI=1S/C7H6N4O2/c8-6-4-1-2-9-7(4)10-3-5(6)11(12)13/h1-3H,(H3,8,9,10). The highest BCUT2D eigenvalue weighted by Gasteiger charge is 2.14. The highest BCUT2D eigenvalue weighted by atomic mass is 16.6. The molecule has 2 heterocycles. The lowest BCUT2D eigenvalue weighted by Gasteiger charge is -1.96. The zero-order chi connectivity index (χ0) is 9.42. The van der Waals surface area contributed by atoms with Crippen LogP contribution in [0.2, 0.25) is 0 Å². The Morgan fingerprint density at radius 2 is 2.38 bits per heavy atom. The minimum atomic E-state index is -0.547. The summed E-state index contributed by atoms with van der Waals surface area (Å²) in [7, 11) is 0. The number of hydrogen-bond acceptors (Lipinski definition) is 4. The van der Waals surface area contributed by atoms with Crippen molar-refractivity contribution in [2.45, 2.75) is 0 Å². The van der Waals surface area contributed by atoms with E-state index in [-0.39, 0.29) is 11.4 Å². The van der Waals surface area contributed by atoms with E-state index in [1.165, 1.54) is 0 Å². The van der Waals surface area contributed by atoms with Gasteiger partial charge in [0.25, 0.3) is 0 Å². The number of nitro groups is 1. The molecular formula is C7H6N4O2. The van der Waals surface area contributed by atoms with Gasteiger partial charge < -0.3 is 10.7 Å². The maximum Gasteiger partial charge on any atom is 0.311 e. The average molecular weight is 178 g/mol. The van der Waals surface area contributed by atoms with Crippen LogP contribution in [0.5, 0.6) is 0 Å². The van der Waals surface area contributed by atoms with Gasteiger partial charge in [-0.15, -0.1) is 0 Å². The highest BCUT2D eigenvalue weighted by Crippen LogP contribution is 2.27. The number of aromatic nitrogens is 2. The number of anilines is 1. The smallest absolute Gasteiger partial charge is 0.311 e. The third-order valence-corrected chi connectivity index (χ3v) is 1.80. The topological polar surface area (TPSA) is 97.8 Å². The lowest BCUT2D eigenvalue weighted by atomic mass is 10.2. The van der Waals surface area contributed by atoms with Crippen LogP contribution in [0, 0.1) is 10.1 Å². The van der Waals surface area contributed by atoms with Crippen LogP contribution in [0.4, 0.5) is 11.4 Å². The molecule has 0 spiro atoms. The summed E-state index contributed by atoms with van der Waals surface area (Å²) < 4.78 is 0. The first-order valence-corrected chi connectivity index (χ1v) is 3.56. The molecule has 0 saturated heterocycles. The van der Waals surface area contributed by atoms with Crippen molar-refractivity contribution in [3.63, 3.8) is 0 Å². The van der Waals surface area contributed by atoms with Crippen LogP contribution >= 0.6 is 0 Å². The molecule has 2 aromatic rings. The average Bonchev–Trinajstić information content (AvgIpc) is 2.52.